The quantitative estimate of drug-likeness (QED) is 0.297. The predicted molar refractivity (Wildman–Crippen MR) is 134 cm³/mol. The first-order valence-electron chi connectivity index (χ1n) is 10.0. The van der Waals surface area contributed by atoms with Gasteiger partial charge in [0.15, 0.2) is 5.17 Å². The molecule has 1 N–H and O–H groups in total. The number of amidine groups is 1. The van der Waals surface area contributed by atoms with Crippen molar-refractivity contribution < 1.29 is 14.3 Å². The van der Waals surface area contributed by atoms with Crippen LogP contribution in [0.3, 0.4) is 0 Å². The summed E-state index contributed by atoms with van der Waals surface area (Å²) < 4.78 is 5.41. The summed E-state index contributed by atoms with van der Waals surface area (Å²) in [4.78, 5) is 17.0. The first-order valence-corrected chi connectivity index (χ1v) is 11.2. The van der Waals surface area contributed by atoms with Crippen LogP contribution >= 0.6 is 23.4 Å². The molecule has 4 rings (SSSR count). The second-order valence-electron chi connectivity index (χ2n) is 7.40. The van der Waals surface area contributed by atoms with Crippen LogP contribution in [-0.2, 0) is 11.3 Å². The summed E-state index contributed by atoms with van der Waals surface area (Å²) in [6.07, 6.45) is 4.78. The van der Waals surface area contributed by atoms with E-state index in [1.807, 2.05) is 43.3 Å². The Morgan fingerprint density at radius 3 is 2.67 bits per heavy atom. The second-order valence-corrected chi connectivity index (χ2v) is 8.84. The molecule has 0 bridgehead atoms. The van der Waals surface area contributed by atoms with Crippen LogP contribution in [0.2, 0.25) is 5.02 Å². The van der Waals surface area contributed by atoms with Gasteiger partial charge in [-0.2, -0.15) is 5.10 Å². The van der Waals surface area contributed by atoms with Crippen LogP contribution in [0.25, 0.3) is 6.08 Å². The maximum atomic E-state index is 13.1. The number of hydrogen-bond acceptors (Lipinski definition) is 7. The van der Waals surface area contributed by atoms with Crippen molar-refractivity contribution in [3.8, 4) is 5.75 Å². The zero-order valence-corrected chi connectivity index (χ0v) is 19.5. The minimum atomic E-state index is -0.264. The van der Waals surface area contributed by atoms with E-state index in [4.69, 9.17) is 16.0 Å². The van der Waals surface area contributed by atoms with E-state index >= 15 is 0 Å². The minimum absolute atomic E-state index is 0.0301. The molecule has 33 heavy (non-hydrogen) atoms. The zero-order valence-electron chi connectivity index (χ0n) is 18.0. The first-order chi connectivity index (χ1) is 15.9. The van der Waals surface area contributed by atoms with E-state index in [1.165, 1.54) is 22.7 Å². The molecule has 1 aliphatic heterocycles. The van der Waals surface area contributed by atoms with E-state index in [-0.39, 0.29) is 18.2 Å². The number of aromatic hydroxyl groups is 1. The van der Waals surface area contributed by atoms with Gasteiger partial charge in [0.25, 0.3) is 5.91 Å². The Labute approximate surface area is 200 Å². The van der Waals surface area contributed by atoms with E-state index in [0.717, 1.165) is 11.3 Å². The zero-order chi connectivity index (χ0) is 23.4. The molecule has 7 nitrogen and oxygen atoms in total. The third-order valence-electron chi connectivity index (χ3n) is 4.82. The van der Waals surface area contributed by atoms with Crippen molar-refractivity contribution in [2.45, 2.75) is 6.54 Å². The molecule has 9 heteroatoms. The van der Waals surface area contributed by atoms with Crippen molar-refractivity contribution in [2.24, 2.45) is 10.2 Å². The number of amides is 1. The number of furan rings is 1. The van der Waals surface area contributed by atoms with Gasteiger partial charge in [-0.15, -0.1) is 5.10 Å². The standard InChI is InChI=1S/C24H21ClN4O3S/c1-28(2)19-8-5-16(6-9-19)14-26-27-24-29(15-20-4-3-11-32-20)23(31)22(33-24)13-17-12-18(25)7-10-21(17)30/h3-14,30H,15H2,1-2H3/b22-13-,26-14+,27-24-. The number of rotatable bonds is 6. The monoisotopic (exact) mass is 480 g/mol. The highest BCUT2D eigenvalue weighted by molar-refractivity contribution is 8.18. The fourth-order valence-corrected chi connectivity index (χ4v) is 4.17. The second kappa shape index (κ2) is 9.97. The molecule has 3 aromatic rings. The van der Waals surface area contributed by atoms with Gasteiger partial charge < -0.3 is 14.4 Å². The van der Waals surface area contributed by atoms with Crippen molar-refractivity contribution >= 4 is 52.4 Å². The van der Waals surface area contributed by atoms with Gasteiger partial charge in [0.05, 0.1) is 23.9 Å². The molecule has 168 valence electrons. The van der Waals surface area contributed by atoms with Crippen LogP contribution in [0.15, 0.2) is 80.4 Å². The molecule has 0 saturated carbocycles. The summed E-state index contributed by atoms with van der Waals surface area (Å²) in [7, 11) is 3.95. The van der Waals surface area contributed by atoms with E-state index < -0.39 is 0 Å². The van der Waals surface area contributed by atoms with Crippen molar-refractivity contribution in [3.05, 3.63) is 87.7 Å². The topological polar surface area (TPSA) is 81.6 Å². The van der Waals surface area contributed by atoms with E-state index in [0.29, 0.717) is 26.4 Å². The molecule has 0 spiro atoms. The van der Waals surface area contributed by atoms with Gasteiger partial charge in [0.2, 0.25) is 0 Å². The van der Waals surface area contributed by atoms with Crippen LogP contribution < -0.4 is 4.90 Å². The molecule has 0 unspecified atom stereocenters. The first kappa shape index (κ1) is 22.7. The Hall–Kier alpha value is -3.49. The summed E-state index contributed by atoms with van der Waals surface area (Å²) in [6.45, 7) is 0.212. The van der Waals surface area contributed by atoms with Gasteiger partial charge in [0.1, 0.15) is 11.5 Å². The molecule has 1 fully saturated rings. The number of nitrogens with zero attached hydrogens (tertiary/aromatic N) is 4. The molecule has 1 amide bonds. The molecule has 0 aliphatic carbocycles. The summed E-state index contributed by atoms with van der Waals surface area (Å²) in [5, 5.41) is 19.5. The number of hydrogen-bond donors (Lipinski definition) is 1. The summed E-state index contributed by atoms with van der Waals surface area (Å²) in [5.74, 6) is 0.384. The number of carbonyl (C=O) groups excluding carboxylic acids is 1. The number of anilines is 1. The van der Waals surface area contributed by atoms with Crippen LogP contribution in [0.4, 0.5) is 5.69 Å². The summed E-state index contributed by atoms with van der Waals surface area (Å²) in [6, 6.07) is 16.1. The van der Waals surface area contributed by atoms with E-state index in [1.54, 1.807) is 42.8 Å². The smallest absolute Gasteiger partial charge is 0.267 e. The average Bonchev–Trinajstić information content (AvgIpc) is 3.41. The number of phenolic OH excluding ortho intramolecular Hbond substituents is 1. The number of phenols is 1. The molecular weight excluding hydrogens is 460 g/mol. The molecule has 2 heterocycles. The molecule has 1 aromatic heterocycles. The van der Waals surface area contributed by atoms with E-state index in [9.17, 15) is 9.90 Å². The molecule has 0 radical (unpaired) electrons. The fourth-order valence-electron chi connectivity index (χ4n) is 3.07. The Balaban J connectivity index is 1.61. The van der Waals surface area contributed by atoms with Crippen molar-refractivity contribution in [3.63, 3.8) is 0 Å². The predicted octanol–water partition coefficient (Wildman–Crippen LogP) is 5.21. The lowest BCUT2D eigenvalue weighted by Crippen LogP contribution is -2.28. The molecule has 1 saturated heterocycles. The number of thioether (sulfide) groups is 1. The van der Waals surface area contributed by atoms with Crippen LogP contribution in [0, 0.1) is 0 Å². The SMILES string of the molecule is CN(C)c1ccc(/C=N/N=C2\S/C(=C\c3cc(Cl)ccc3O)C(=O)N2Cc2ccco2)cc1. The van der Waals surface area contributed by atoms with Gasteiger partial charge in [-0.05, 0) is 65.9 Å². The van der Waals surface area contributed by atoms with Gasteiger partial charge in [-0.25, -0.2) is 0 Å². The van der Waals surface area contributed by atoms with Gasteiger partial charge in [0, 0.05) is 30.4 Å². The van der Waals surface area contributed by atoms with Gasteiger partial charge in [-0.3, -0.25) is 9.69 Å². The molecule has 1 aliphatic rings. The average molecular weight is 481 g/mol. The third kappa shape index (κ3) is 5.47. The molecule has 2 aromatic carbocycles. The summed E-state index contributed by atoms with van der Waals surface area (Å²) >= 11 is 7.21. The molecular formula is C24H21ClN4O3S. The highest BCUT2D eigenvalue weighted by atomic mass is 35.5. The number of carbonyl (C=O) groups is 1. The normalized spacial score (nSPS) is 16.5. The Bertz CT molecular complexity index is 1240. The molecule has 0 atom stereocenters. The lowest BCUT2D eigenvalue weighted by atomic mass is 10.2. The maximum absolute atomic E-state index is 13.1. The largest absolute Gasteiger partial charge is 0.507 e. The third-order valence-corrected chi connectivity index (χ3v) is 6.05. The maximum Gasteiger partial charge on any atom is 0.267 e. The van der Waals surface area contributed by atoms with Crippen molar-refractivity contribution in [1.82, 2.24) is 4.90 Å². The minimum Gasteiger partial charge on any atom is -0.507 e. The Morgan fingerprint density at radius 2 is 1.97 bits per heavy atom. The highest BCUT2D eigenvalue weighted by Gasteiger charge is 2.34. The van der Waals surface area contributed by atoms with Crippen molar-refractivity contribution in [1.29, 1.82) is 0 Å². The van der Waals surface area contributed by atoms with E-state index in [2.05, 4.69) is 10.2 Å². The number of halogens is 1. The Morgan fingerprint density at radius 1 is 1.18 bits per heavy atom. The van der Waals surface area contributed by atoms with Crippen LogP contribution in [0.5, 0.6) is 5.75 Å². The lowest BCUT2D eigenvalue weighted by molar-refractivity contribution is -0.122. The lowest BCUT2D eigenvalue weighted by Gasteiger charge is -2.12. The fraction of sp³-hybridized carbons (Fsp3) is 0.125. The summed E-state index contributed by atoms with van der Waals surface area (Å²) in [5.41, 5.74) is 2.41. The number of benzene rings is 2. The highest BCUT2D eigenvalue weighted by Crippen LogP contribution is 2.35. The van der Waals surface area contributed by atoms with Crippen molar-refractivity contribution in [2.75, 3.05) is 19.0 Å². The van der Waals surface area contributed by atoms with Crippen LogP contribution in [-0.4, -0.2) is 41.4 Å². The van der Waals surface area contributed by atoms with Gasteiger partial charge in [-0.1, -0.05) is 23.7 Å². The van der Waals surface area contributed by atoms with Gasteiger partial charge >= 0.3 is 0 Å². The Kier molecular flexibility index (Phi) is 6.86. The van der Waals surface area contributed by atoms with Crippen LogP contribution in [0.1, 0.15) is 16.9 Å².